The van der Waals surface area contributed by atoms with Gasteiger partial charge in [-0.25, -0.2) is 0 Å². The fourth-order valence-electron chi connectivity index (χ4n) is 1.30. The van der Waals surface area contributed by atoms with Crippen LogP contribution in [0.3, 0.4) is 0 Å². The summed E-state index contributed by atoms with van der Waals surface area (Å²) in [5, 5.41) is 5.99. The number of thioether (sulfide) groups is 1. The number of carbonyl (C=O) groups is 1. The van der Waals surface area contributed by atoms with E-state index >= 15 is 0 Å². The van der Waals surface area contributed by atoms with E-state index < -0.39 is 0 Å². The molecule has 0 aliphatic carbocycles. The van der Waals surface area contributed by atoms with Crippen LogP contribution in [-0.4, -0.2) is 25.3 Å². The van der Waals surface area contributed by atoms with E-state index in [1.54, 1.807) is 11.8 Å². The van der Waals surface area contributed by atoms with Crippen molar-refractivity contribution in [3.63, 3.8) is 0 Å². The molecule has 1 aromatic carbocycles. The molecule has 0 saturated carbocycles. The highest BCUT2D eigenvalue weighted by Crippen LogP contribution is 2.18. The molecule has 1 rings (SSSR count). The van der Waals surface area contributed by atoms with E-state index in [-0.39, 0.29) is 5.91 Å². The molecule has 0 bridgehead atoms. The van der Waals surface area contributed by atoms with Crippen molar-refractivity contribution in [2.75, 3.05) is 24.7 Å². The summed E-state index contributed by atoms with van der Waals surface area (Å²) in [6.45, 7) is 5.21. The Morgan fingerprint density at radius 2 is 2.18 bits per heavy atom. The molecule has 0 heterocycles. The van der Waals surface area contributed by atoms with E-state index in [1.807, 2.05) is 24.5 Å². The maximum Gasteiger partial charge on any atom is 0.239 e. The fraction of sp³-hybridized carbons (Fsp3) is 0.462. The van der Waals surface area contributed by atoms with Crippen LogP contribution in [0.4, 0.5) is 5.69 Å². The third kappa shape index (κ3) is 5.63. The molecule has 3 nitrogen and oxygen atoms in total. The molecule has 1 amide bonds. The summed E-state index contributed by atoms with van der Waals surface area (Å²) in [6.07, 6.45) is 2.04. The van der Waals surface area contributed by atoms with Crippen LogP contribution in [0.15, 0.2) is 29.2 Å². The standard InChI is InChI=1S/C13H20N2OS/c1-10(2)8-15-13(16)9-14-11-5-4-6-12(7-11)17-3/h4-7,10,14H,8-9H2,1-3H3,(H,15,16). The summed E-state index contributed by atoms with van der Waals surface area (Å²) >= 11 is 1.69. The molecule has 0 unspecified atom stereocenters. The third-order valence-electron chi connectivity index (χ3n) is 2.23. The Morgan fingerprint density at radius 3 is 2.82 bits per heavy atom. The zero-order valence-corrected chi connectivity index (χ0v) is 11.4. The molecule has 0 aliphatic heterocycles. The number of anilines is 1. The van der Waals surface area contributed by atoms with Crippen LogP contribution in [0.5, 0.6) is 0 Å². The SMILES string of the molecule is CSc1cccc(NCC(=O)NCC(C)C)c1. The molecule has 0 aliphatic rings. The highest BCUT2D eigenvalue weighted by molar-refractivity contribution is 7.98. The molecule has 0 fully saturated rings. The van der Waals surface area contributed by atoms with Gasteiger partial charge in [-0.3, -0.25) is 4.79 Å². The van der Waals surface area contributed by atoms with Gasteiger partial charge in [0.2, 0.25) is 5.91 Å². The number of nitrogens with one attached hydrogen (secondary N) is 2. The van der Waals surface area contributed by atoms with Crippen molar-refractivity contribution in [1.29, 1.82) is 0 Å². The number of benzene rings is 1. The maximum atomic E-state index is 11.5. The first-order valence-corrected chi connectivity index (χ1v) is 6.99. The number of hydrogen-bond donors (Lipinski definition) is 2. The van der Waals surface area contributed by atoms with Crippen LogP contribution in [0, 0.1) is 5.92 Å². The average molecular weight is 252 g/mol. The lowest BCUT2D eigenvalue weighted by Crippen LogP contribution is -2.32. The largest absolute Gasteiger partial charge is 0.376 e. The minimum Gasteiger partial charge on any atom is -0.376 e. The van der Waals surface area contributed by atoms with Crippen LogP contribution >= 0.6 is 11.8 Å². The van der Waals surface area contributed by atoms with Gasteiger partial charge in [-0.15, -0.1) is 11.8 Å². The van der Waals surface area contributed by atoms with E-state index in [4.69, 9.17) is 0 Å². The molecule has 0 atom stereocenters. The van der Waals surface area contributed by atoms with Crippen molar-refractivity contribution in [1.82, 2.24) is 5.32 Å². The van der Waals surface area contributed by atoms with Crippen LogP contribution in [0.25, 0.3) is 0 Å². The molecule has 0 radical (unpaired) electrons. The van der Waals surface area contributed by atoms with Gasteiger partial charge >= 0.3 is 0 Å². The molecular formula is C13H20N2OS. The summed E-state index contributed by atoms with van der Waals surface area (Å²) in [5.41, 5.74) is 0.983. The Morgan fingerprint density at radius 1 is 1.41 bits per heavy atom. The van der Waals surface area contributed by atoms with E-state index in [1.165, 1.54) is 4.90 Å². The fourth-order valence-corrected chi connectivity index (χ4v) is 1.76. The van der Waals surface area contributed by atoms with Crippen molar-refractivity contribution >= 4 is 23.4 Å². The van der Waals surface area contributed by atoms with E-state index in [0.29, 0.717) is 12.5 Å². The van der Waals surface area contributed by atoms with Gasteiger partial charge in [0.25, 0.3) is 0 Å². The number of hydrogen-bond acceptors (Lipinski definition) is 3. The third-order valence-corrected chi connectivity index (χ3v) is 2.96. The molecule has 4 heteroatoms. The zero-order valence-electron chi connectivity index (χ0n) is 10.6. The van der Waals surface area contributed by atoms with Crippen LogP contribution in [0.1, 0.15) is 13.8 Å². The highest BCUT2D eigenvalue weighted by atomic mass is 32.2. The predicted octanol–water partition coefficient (Wildman–Crippen LogP) is 2.59. The van der Waals surface area contributed by atoms with Crippen molar-refractivity contribution < 1.29 is 4.79 Å². The monoisotopic (exact) mass is 252 g/mol. The van der Waals surface area contributed by atoms with E-state index in [9.17, 15) is 4.79 Å². The quantitative estimate of drug-likeness (QED) is 0.765. The highest BCUT2D eigenvalue weighted by Gasteiger charge is 2.02. The van der Waals surface area contributed by atoms with Gasteiger partial charge in [0.15, 0.2) is 0 Å². The van der Waals surface area contributed by atoms with Gasteiger partial charge in [-0.1, -0.05) is 19.9 Å². The molecule has 94 valence electrons. The average Bonchev–Trinajstić information content (AvgIpc) is 2.34. The van der Waals surface area contributed by atoms with Gasteiger partial charge in [0, 0.05) is 17.1 Å². The lowest BCUT2D eigenvalue weighted by Gasteiger charge is -2.09. The maximum absolute atomic E-state index is 11.5. The Labute approximate surface area is 107 Å². The van der Waals surface area contributed by atoms with Crippen molar-refractivity contribution in [2.24, 2.45) is 5.92 Å². The van der Waals surface area contributed by atoms with Crippen LogP contribution < -0.4 is 10.6 Å². The summed E-state index contributed by atoms with van der Waals surface area (Å²) in [5.74, 6) is 0.520. The second kappa shape index (κ2) is 7.22. The van der Waals surface area contributed by atoms with Gasteiger partial charge < -0.3 is 10.6 Å². The number of carbonyl (C=O) groups excluding carboxylic acids is 1. The summed E-state index contributed by atoms with van der Waals surface area (Å²) in [7, 11) is 0. The summed E-state index contributed by atoms with van der Waals surface area (Å²) in [4.78, 5) is 12.7. The molecule has 0 saturated heterocycles. The van der Waals surface area contributed by atoms with Gasteiger partial charge in [0.1, 0.15) is 0 Å². The van der Waals surface area contributed by atoms with Gasteiger partial charge in [-0.2, -0.15) is 0 Å². The van der Waals surface area contributed by atoms with E-state index in [0.717, 1.165) is 12.2 Å². The molecule has 2 N–H and O–H groups in total. The second-order valence-corrected chi connectivity index (χ2v) is 5.16. The Hall–Kier alpha value is -1.16. The molecule has 1 aromatic rings. The topological polar surface area (TPSA) is 41.1 Å². The Kier molecular flexibility index (Phi) is 5.91. The Bertz CT molecular complexity index is 366. The first-order chi connectivity index (χ1) is 8.11. The smallest absolute Gasteiger partial charge is 0.239 e. The van der Waals surface area contributed by atoms with Gasteiger partial charge in [-0.05, 0) is 30.4 Å². The normalized spacial score (nSPS) is 10.4. The van der Waals surface area contributed by atoms with Crippen molar-refractivity contribution in [2.45, 2.75) is 18.7 Å². The predicted molar refractivity (Wildman–Crippen MR) is 74.6 cm³/mol. The molecular weight excluding hydrogens is 232 g/mol. The minimum atomic E-state index is 0.0354. The van der Waals surface area contributed by atoms with Crippen LogP contribution in [-0.2, 0) is 4.79 Å². The summed E-state index contributed by atoms with van der Waals surface area (Å²) < 4.78 is 0. The number of amides is 1. The first kappa shape index (κ1) is 13.9. The molecule has 0 aromatic heterocycles. The lowest BCUT2D eigenvalue weighted by molar-refractivity contribution is -0.119. The van der Waals surface area contributed by atoms with Crippen LogP contribution in [0.2, 0.25) is 0 Å². The van der Waals surface area contributed by atoms with Crippen molar-refractivity contribution in [3.05, 3.63) is 24.3 Å². The summed E-state index contributed by atoms with van der Waals surface area (Å²) in [6, 6.07) is 8.05. The van der Waals surface area contributed by atoms with Gasteiger partial charge in [0.05, 0.1) is 6.54 Å². The van der Waals surface area contributed by atoms with E-state index in [2.05, 4.69) is 30.5 Å². The number of rotatable bonds is 6. The molecule has 17 heavy (non-hydrogen) atoms. The van der Waals surface area contributed by atoms with Crippen molar-refractivity contribution in [3.8, 4) is 0 Å². The molecule has 0 spiro atoms. The second-order valence-electron chi connectivity index (χ2n) is 4.28. The lowest BCUT2D eigenvalue weighted by atomic mass is 10.2. The zero-order chi connectivity index (χ0) is 12.7. The Balaban J connectivity index is 2.36. The first-order valence-electron chi connectivity index (χ1n) is 5.76. The minimum absolute atomic E-state index is 0.0354.